The number of carbonyl (C=O) groups is 2. The Morgan fingerprint density at radius 2 is 2.00 bits per heavy atom. The predicted octanol–water partition coefficient (Wildman–Crippen LogP) is 2.37. The van der Waals surface area contributed by atoms with Crippen LogP contribution in [0.4, 0.5) is 11.5 Å². The first-order valence-corrected chi connectivity index (χ1v) is 9.86. The Hall–Kier alpha value is -2.45. The van der Waals surface area contributed by atoms with Gasteiger partial charge in [0.05, 0.1) is 30.0 Å². The zero-order valence-corrected chi connectivity index (χ0v) is 16.3. The highest BCUT2D eigenvalue weighted by molar-refractivity contribution is 7.12. The van der Waals surface area contributed by atoms with E-state index >= 15 is 0 Å². The fourth-order valence-electron chi connectivity index (χ4n) is 2.83. The van der Waals surface area contributed by atoms with E-state index in [9.17, 15) is 9.59 Å². The van der Waals surface area contributed by atoms with Gasteiger partial charge in [-0.1, -0.05) is 19.9 Å². The summed E-state index contributed by atoms with van der Waals surface area (Å²) in [7, 11) is 0. The van der Waals surface area contributed by atoms with Gasteiger partial charge in [-0.3, -0.25) is 9.59 Å². The van der Waals surface area contributed by atoms with Crippen molar-refractivity contribution in [3.63, 3.8) is 0 Å². The summed E-state index contributed by atoms with van der Waals surface area (Å²) in [5.41, 5.74) is 1.00. The summed E-state index contributed by atoms with van der Waals surface area (Å²) < 4.78 is 5.35. The van der Waals surface area contributed by atoms with E-state index in [2.05, 4.69) is 20.5 Å². The molecule has 1 saturated heterocycles. The third-order valence-corrected chi connectivity index (χ3v) is 5.22. The van der Waals surface area contributed by atoms with Crippen LogP contribution in [0.1, 0.15) is 23.5 Å². The summed E-state index contributed by atoms with van der Waals surface area (Å²) in [6.45, 7) is 6.87. The van der Waals surface area contributed by atoms with E-state index in [0.29, 0.717) is 23.9 Å². The average Bonchev–Trinajstić information content (AvgIpc) is 3.22. The van der Waals surface area contributed by atoms with Gasteiger partial charge in [0.15, 0.2) is 0 Å². The monoisotopic (exact) mass is 388 g/mol. The first kappa shape index (κ1) is 19.3. The average molecular weight is 388 g/mol. The van der Waals surface area contributed by atoms with E-state index in [0.717, 1.165) is 18.8 Å². The first-order valence-electron chi connectivity index (χ1n) is 8.98. The molecule has 2 aromatic rings. The number of morpholine rings is 1. The molecule has 0 radical (unpaired) electrons. The Morgan fingerprint density at radius 1 is 1.22 bits per heavy atom. The Labute approximate surface area is 162 Å². The van der Waals surface area contributed by atoms with Gasteiger partial charge in [0.1, 0.15) is 11.9 Å². The van der Waals surface area contributed by atoms with Gasteiger partial charge in [-0.05, 0) is 29.5 Å². The molecule has 7 nitrogen and oxygen atoms in total. The largest absolute Gasteiger partial charge is 0.378 e. The topological polar surface area (TPSA) is 83.6 Å². The number of nitrogens with one attached hydrogen (secondary N) is 2. The lowest BCUT2D eigenvalue weighted by atomic mass is 10.0. The first-order chi connectivity index (χ1) is 13.0. The summed E-state index contributed by atoms with van der Waals surface area (Å²) in [5.74, 6) is -0.106. The van der Waals surface area contributed by atoms with E-state index < -0.39 is 6.04 Å². The lowest BCUT2D eigenvalue weighted by molar-refractivity contribution is -0.118. The van der Waals surface area contributed by atoms with Gasteiger partial charge < -0.3 is 20.3 Å². The quantitative estimate of drug-likeness (QED) is 0.794. The predicted molar refractivity (Wildman–Crippen MR) is 106 cm³/mol. The molecule has 8 heteroatoms. The van der Waals surface area contributed by atoms with Gasteiger partial charge in [0.2, 0.25) is 5.91 Å². The SMILES string of the molecule is CC(C)C(NC(=O)c1cccs1)C(=O)Nc1ccc(N2CCOCC2)cn1. The van der Waals surface area contributed by atoms with E-state index in [-0.39, 0.29) is 17.7 Å². The van der Waals surface area contributed by atoms with Crippen molar-refractivity contribution in [1.82, 2.24) is 10.3 Å². The Kier molecular flexibility index (Phi) is 6.41. The summed E-state index contributed by atoms with van der Waals surface area (Å²) in [6, 6.07) is 6.62. The number of aromatic nitrogens is 1. The number of amides is 2. The third-order valence-electron chi connectivity index (χ3n) is 4.36. The number of rotatable bonds is 6. The Morgan fingerprint density at radius 3 is 2.59 bits per heavy atom. The van der Waals surface area contributed by atoms with Crippen molar-refractivity contribution in [3.8, 4) is 0 Å². The minimum atomic E-state index is -0.639. The van der Waals surface area contributed by atoms with Crippen molar-refractivity contribution < 1.29 is 14.3 Å². The maximum absolute atomic E-state index is 12.7. The van der Waals surface area contributed by atoms with Crippen molar-refractivity contribution in [2.75, 3.05) is 36.5 Å². The van der Waals surface area contributed by atoms with Crippen LogP contribution in [0.2, 0.25) is 0 Å². The number of carbonyl (C=O) groups excluding carboxylic acids is 2. The van der Waals surface area contributed by atoms with Crippen molar-refractivity contribution in [2.24, 2.45) is 5.92 Å². The van der Waals surface area contributed by atoms with E-state index in [4.69, 9.17) is 4.74 Å². The number of nitrogens with zero attached hydrogens (tertiary/aromatic N) is 2. The molecule has 2 N–H and O–H groups in total. The number of ether oxygens (including phenoxy) is 1. The highest BCUT2D eigenvalue weighted by Crippen LogP contribution is 2.17. The second kappa shape index (κ2) is 8.96. The molecular formula is C19H24N4O3S. The molecule has 1 unspecified atom stereocenters. The highest BCUT2D eigenvalue weighted by atomic mass is 32.1. The second-order valence-electron chi connectivity index (χ2n) is 6.66. The molecule has 0 saturated carbocycles. The van der Waals surface area contributed by atoms with Crippen LogP contribution in [-0.2, 0) is 9.53 Å². The van der Waals surface area contributed by atoms with Crippen LogP contribution in [0.3, 0.4) is 0 Å². The molecule has 0 bridgehead atoms. The molecule has 0 aromatic carbocycles. The summed E-state index contributed by atoms with van der Waals surface area (Å²) in [5, 5.41) is 7.44. The fourth-order valence-corrected chi connectivity index (χ4v) is 3.45. The van der Waals surface area contributed by atoms with Gasteiger partial charge in [-0.15, -0.1) is 11.3 Å². The van der Waals surface area contributed by atoms with Gasteiger partial charge in [0.25, 0.3) is 5.91 Å². The van der Waals surface area contributed by atoms with Crippen molar-refractivity contribution >= 4 is 34.7 Å². The van der Waals surface area contributed by atoms with Crippen LogP contribution < -0.4 is 15.5 Å². The van der Waals surface area contributed by atoms with Crippen LogP contribution in [0.15, 0.2) is 35.8 Å². The Bertz CT molecular complexity index is 756. The minimum Gasteiger partial charge on any atom is -0.378 e. The number of anilines is 2. The molecule has 0 aliphatic carbocycles. The molecule has 1 fully saturated rings. The van der Waals surface area contributed by atoms with Crippen LogP contribution >= 0.6 is 11.3 Å². The van der Waals surface area contributed by atoms with Crippen LogP contribution in [-0.4, -0.2) is 49.1 Å². The zero-order valence-electron chi connectivity index (χ0n) is 15.5. The fraction of sp³-hybridized carbons (Fsp3) is 0.421. The van der Waals surface area contributed by atoms with E-state index in [1.54, 1.807) is 18.3 Å². The molecule has 1 atom stereocenters. The molecular weight excluding hydrogens is 364 g/mol. The summed E-state index contributed by atoms with van der Waals surface area (Å²) >= 11 is 1.35. The molecule has 0 spiro atoms. The standard InChI is InChI=1S/C19H24N4O3S/c1-13(2)17(22-18(24)15-4-3-11-27-15)19(25)21-16-6-5-14(12-20-16)23-7-9-26-10-8-23/h3-6,11-13,17H,7-10H2,1-2H3,(H,22,24)(H,20,21,25). The number of pyridine rings is 1. The molecule has 2 aromatic heterocycles. The molecule has 3 rings (SSSR count). The lowest BCUT2D eigenvalue weighted by Gasteiger charge is -2.28. The van der Waals surface area contributed by atoms with E-state index in [1.807, 2.05) is 31.4 Å². The number of hydrogen-bond acceptors (Lipinski definition) is 6. The summed E-state index contributed by atoms with van der Waals surface area (Å²) in [6.07, 6.45) is 1.75. The number of thiophene rings is 1. The van der Waals surface area contributed by atoms with Crippen LogP contribution in [0, 0.1) is 5.92 Å². The molecule has 144 valence electrons. The lowest BCUT2D eigenvalue weighted by Crippen LogP contribution is -2.47. The second-order valence-corrected chi connectivity index (χ2v) is 7.61. The van der Waals surface area contributed by atoms with Crippen molar-refractivity contribution in [3.05, 3.63) is 40.7 Å². The van der Waals surface area contributed by atoms with Gasteiger partial charge >= 0.3 is 0 Å². The normalized spacial score (nSPS) is 15.4. The highest BCUT2D eigenvalue weighted by Gasteiger charge is 2.25. The maximum atomic E-state index is 12.7. The van der Waals surface area contributed by atoms with Crippen molar-refractivity contribution in [2.45, 2.75) is 19.9 Å². The van der Waals surface area contributed by atoms with Gasteiger partial charge in [-0.25, -0.2) is 4.98 Å². The van der Waals surface area contributed by atoms with Crippen LogP contribution in [0.5, 0.6) is 0 Å². The molecule has 1 aliphatic heterocycles. The van der Waals surface area contributed by atoms with Crippen molar-refractivity contribution in [1.29, 1.82) is 0 Å². The Balaban J connectivity index is 1.62. The molecule has 27 heavy (non-hydrogen) atoms. The smallest absolute Gasteiger partial charge is 0.262 e. The zero-order chi connectivity index (χ0) is 19.2. The summed E-state index contributed by atoms with van der Waals surface area (Å²) in [4.78, 5) is 32.1. The third kappa shape index (κ3) is 5.05. The molecule has 1 aliphatic rings. The number of hydrogen-bond donors (Lipinski definition) is 2. The minimum absolute atomic E-state index is 0.0541. The molecule has 3 heterocycles. The van der Waals surface area contributed by atoms with Gasteiger partial charge in [-0.2, -0.15) is 0 Å². The van der Waals surface area contributed by atoms with E-state index in [1.165, 1.54) is 11.3 Å². The maximum Gasteiger partial charge on any atom is 0.262 e. The van der Waals surface area contributed by atoms with Crippen LogP contribution in [0.25, 0.3) is 0 Å². The van der Waals surface area contributed by atoms with Gasteiger partial charge in [0, 0.05) is 13.1 Å². The molecule has 2 amide bonds.